The molecular weight excluding hydrogens is 425 g/mol. The van der Waals surface area contributed by atoms with Crippen LogP contribution in [-0.2, 0) is 13.6 Å². The maximum atomic E-state index is 12.1. The molecule has 0 bridgehead atoms. The van der Waals surface area contributed by atoms with E-state index in [4.69, 9.17) is 14.8 Å². The molecular formula is C19H34N5O6P. The number of rotatable bonds is 13. The SMILES string of the molecule is CCCCCCCCOP(=O)(O)OCC1CC(N2CNc3c2nc(N)[nH]c3=O)C1CO. The number of H-pyrrole nitrogens is 1. The average molecular weight is 459 g/mol. The minimum absolute atomic E-state index is 0.0189. The van der Waals surface area contributed by atoms with E-state index in [-0.39, 0.29) is 49.2 Å². The molecule has 6 N–H and O–H groups in total. The van der Waals surface area contributed by atoms with Crippen LogP contribution in [0.3, 0.4) is 0 Å². The number of phosphoric acid groups is 1. The number of nitrogen functional groups attached to an aromatic ring is 1. The highest BCUT2D eigenvalue weighted by molar-refractivity contribution is 7.47. The van der Waals surface area contributed by atoms with E-state index in [1.165, 1.54) is 19.3 Å². The molecule has 12 heteroatoms. The zero-order valence-electron chi connectivity index (χ0n) is 18.0. The van der Waals surface area contributed by atoms with Gasteiger partial charge >= 0.3 is 7.82 Å². The van der Waals surface area contributed by atoms with E-state index in [2.05, 4.69) is 22.2 Å². The lowest BCUT2D eigenvalue weighted by atomic mass is 9.69. The van der Waals surface area contributed by atoms with Gasteiger partial charge in [-0.2, -0.15) is 4.98 Å². The fourth-order valence-corrected chi connectivity index (χ4v) is 5.06. The third kappa shape index (κ3) is 5.98. The Morgan fingerprint density at radius 2 is 2.00 bits per heavy atom. The number of aliphatic hydroxyl groups is 1. The second kappa shape index (κ2) is 10.8. The number of anilines is 3. The number of nitrogens with zero attached hydrogens (tertiary/aromatic N) is 2. The number of aliphatic hydroxyl groups excluding tert-OH is 1. The predicted molar refractivity (Wildman–Crippen MR) is 118 cm³/mol. The number of nitrogens with two attached hydrogens (primary N) is 1. The summed E-state index contributed by atoms with van der Waals surface area (Å²) in [6, 6.07) is -0.0804. The second-order valence-corrected chi connectivity index (χ2v) is 9.68. The van der Waals surface area contributed by atoms with Gasteiger partial charge in [0.05, 0.1) is 19.9 Å². The smallest absolute Gasteiger partial charge is 0.396 e. The maximum Gasteiger partial charge on any atom is 0.472 e. The molecule has 1 aliphatic heterocycles. The average Bonchev–Trinajstić information content (AvgIpc) is 3.10. The molecule has 0 amide bonds. The molecule has 2 aliphatic rings. The Hall–Kier alpha value is -1.65. The Labute approximate surface area is 182 Å². The van der Waals surface area contributed by atoms with E-state index >= 15 is 0 Å². The molecule has 0 aromatic carbocycles. The molecule has 3 rings (SSSR count). The summed E-state index contributed by atoms with van der Waals surface area (Å²) in [6.07, 6.45) is 6.95. The van der Waals surface area contributed by atoms with Gasteiger partial charge in [0, 0.05) is 18.6 Å². The van der Waals surface area contributed by atoms with Crippen molar-refractivity contribution in [2.24, 2.45) is 11.8 Å². The molecule has 0 saturated heterocycles. The van der Waals surface area contributed by atoms with Crippen molar-refractivity contribution in [3.05, 3.63) is 10.4 Å². The van der Waals surface area contributed by atoms with Gasteiger partial charge in [0.2, 0.25) is 5.95 Å². The first-order chi connectivity index (χ1) is 14.9. The highest BCUT2D eigenvalue weighted by Gasteiger charge is 2.47. The molecule has 4 unspecified atom stereocenters. The van der Waals surface area contributed by atoms with Gasteiger partial charge in [0.25, 0.3) is 5.56 Å². The van der Waals surface area contributed by atoms with Crippen molar-refractivity contribution in [1.29, 1.82) is 0 Å². The second-order valence-electron chi connectivity index (χ2n) is 8.23. The van der Waals surface area contributed by atoms with Crippen LogP contribution in [0.2, 0.25) is 0 Å². The van der Waals surface area contributed by atoms with Gasteiger partial charge in [-0.3, -0.25) is 18.8 Å². The van der Waals surface area contributed by atoms with Crippen LogP contribution >= 0.6 is 7.82 Å². The Morgan fingerprint density at radius 1 is 1.26 bits per heavy atom. The highest BCUT2D eigenvalue weighted by Crippen LogP contribution is 2.48. The van der Waals surface area contributed by atoms with Gasteiger partial charge in [-0.1, -0.05) is 39.0 Å². The molecule has 31 heavy (non-hydrogen) atoms. The number of aromatic nitrogens is 2. The summed E-state index contributed by atoms with van der Waals surface area (Å²) in [7, 11) is -4.12. The van der Waals surface area contributed by atoms with Gasteiger partial charge in [0.15, 0.2) is 5.82 Å². The molecule has 0 radical (unpaired) electrons. The van der Waals surface area contributed by atoms with Crippen LogP contribution in [0.4, 0.5) is 17.5 Å². The van der Waals surface area contributed by atoms with Crippen molar-refractivity contribution in [2.45, 2.75) is 57.9 Å². The van der Waals surface area contributed by atoms with Crippen LogP contribution in [0.1, 0.15) is 51.9 Å². The third-order valence-electron chi connectivity index (χ3n) is 6.08. The lowest BCUT2D eigenvalue weighted by molar-refractivity contribution is 0.0170. The van der Waals surface area contributed by atoms with Crippen LogP contribution < -0.4 is 21.5 Å². The van der Waals surface area contributed by atoms with Crippen LogP contribution in [0.5, 0.6) is 0 Å². The van der Waals surface area contributed by atoms with E-state index < -0.39 is 7.82 Å². The highest BCUT2D eigenvalue weighted by atomic mass is 31.2. The summed E-state index contributed by atoms with van der Waals surface area (Å²) in [6.45, 7) is 2.63. The van der Waals surface area contributed by atoms with Crippen molar-refractivity contribution in [2.75, 3.05) is 42.4 Å². The quantitative estimate of drug-likeness (QED) is 0.218. The summed E-state index contributed by atoms with van der Waals surface area (Å²) < 4.78 is 22.4. The summed E-state index contributed by atoms with van der Waals surface area (Å²) in [5.41, 5.74) is 5.68. The van der Waals surface area contributed by atoms with Gasteiger partial charge in [-0.25, -0.2) is 4.57 Å². The van der Waals surface area contributed by atoms with E-state index in [0.717, 1.165) is 19.3 Å². The largest absolute Gasteiger partial charge is 0.472 e. The van der Waals surface area contributed by atoms with Crippen molar-refractivity contribution in [3.63, 3.8) is 0 Å². The first kappa shape index (κ1) is 24.0. The van der Waals surface area contributed by atoms with E-state index in [9.17, 15) is 19.4 Å². The van der Waals surface area contributed by atoms with Crippen LogP contribution in [0.15, 0.2) is 4.79 Å². The van der Waals surface area contributed by atoms with E-state index in [1.54, 1.807) is 0 Å². The van der Waals surface area contributed by atoms with Crippen molar-refractivity contribution >= 4 is 25.3 Å². The number of unbranched alkanes of at least 4 members (excludes halogenated alkanes) is 5. The Morgan fingerprint density at radius 3 is 2.74 bits per heavy atom. The minimum Gasteiger partial charge on any atom is -0.396 e. The van der Waals surface area contributed by atoms with Gasteiger partial charge in [0.1, 0.15) is 5.69 Å². The zero-order valence-corrected chi connectivity index (χ0v) is 18.9. The Bertz CT molecular complexity index is 836. The van der Waals surface area contributed by atoms with Crippen LogP contribution in [0, 0.1) is 11.8 Å². The monoisotopic (exact) mass is 459 g/mol. The lowest BCUT2D eigenvalue weighted by Crippen LogP contribution is -2.55. The molecule has 2 heterocycles. The maximum absolute atomic E-state index is 12.1. The number of fused-ring (bicyclic) bond motifs is 1. The van der Waals surface area contributed by atoms with Crippen LogP contribution in [-0.4, -0.2) is 52.5 Å². The predicted octanol–water partition coefficient (Wildman–Crippen LogP) is 2.03. The molecule has 1 aliphatic carbocycles. The summed E-state index contributed by atoms with van der Waals surface area (Å²) >= 11 is 0. The normalized spacial score (nSPS) is 24.4. The number of hydrogen-bond donors (Lipinski definition) is 5. The molecule has 11 nitrogen and oxygen atoms in total. The fraction of sp³-hybridized carbons (Fsp3) is 0.789. The van der Waals surface area contributed by atoms with Gasteiger partial charge in [-0.05, 0) is 18.8 Å². The molecule has 4 atom stereocenters. The first-order valence-corrected chi connectivity index (χ1v) is 12.5. The minimum atomic E-state index is -4.12. The topological polar surface area (TPSA) is 163 Å². The van der Waals surface area contributed by atoms with Crippen molar-refractivity contribution in [3.8, 4) is 0 Å². The summed E-state index contributed by atoms with van der Waals surface area (Å²) in [5.74, 6) is 0.199. The zero-order chi connectivity index (χ0) is 22.4. The van der Waals surface area contributed by atoms with Crippen LogP contribution in [0.25, 0.3) is 0 Å². The summed E-state index contributed by atoms with van der Waals surface area (Å²) in [5, 5.41) is 12.9. The molecule has 1 saturated carbocycles. The fourth-order valence-electron chi connectivity index (χ4n) is 4.25. The van der Waals surface area contributed by atoms with E-state index in [0.29, 0.717) is 24.6 Å². The first-order valence-electron chi connectivity index (χ1n) is 11.0. The molecule has 1 aromatic heterocycles. The molecule has 1 fully saturated rings. The number of aromatic amines is 1. The molecule has 0 spiro atoms. The summed E-state index contributed by atoms with van der Waals surface area (Å²) in [4.78, 5) is 30.5. The number of nitrogens with one attached hydrogen (secondary N) is 2. The lowest BCUT2D eigenvalue weighted by Gasteiger charge is -2.48. The van der Waals surface area contributed by atoms with Gasteiger partial charge in [-0.15, -0.1) is 0 Å². The molecule has 176 valence electrons. The van der Waals surface area contributed by atoms with Crippen molar-refractivity contribution in [1.82, 2.24) is 9.97 Å². The van der Waals surface area contributed by atoms with Crippen molar-refractivity contribution < 1.29 is 23.6 Å². The third-order valence-corrected chi connectivity index (χ3v) is 7.06. The standard InChI is InChI=1S/C19H34N5O6P/c1-2-3-4-5-6-7-8-29-31(27,28)30-11-13-9-15(14(13)10-25)24-12-21-16-17(24)22-19(20)23-18(16)26/h13-15,21,25H,2-12H2,1H3,(H,27,28)(H3,20,22,23,26). The van der Waals surface area contributed by atoms with Gasteiger partial charge < -0.3 is 26.0 Å². The number of phosphoric ester groups is 1. The van der Waals surface area contributed by atoms with E-state index in [1.807, 2.05) is 4.90 Å². The molecule has 1 aromatic rings. The Kier molecular flexibility index (Phi) is 8.35. The number of hydrogen-bond acceptors (Lipinski definition) is 9. The Balaban J connectivity index is 1.44.